The smallest absolute Gasteiger partial charge is 0.243 e. The Hall–Kier alpha value is -1.64. The van der Waals surface area contributed by atoms with Crippen molar-refractivity contribution in [1.82, 2.24) is 4.31 Å². The third kappa shape index (κ3) is 3.40. The summed E-state index contributed by atoms with van der Waals surface area (Å²) in [6, 6.07) is 6.04. The Morgan fingerprint density at radius 1 is 1.36 bits per heavy atom. The second-order valence-electron chi connectivity index (χ2n) is 5.26. The van der Waals surface area contributed by atoms with Gasteiger partial charge in [-0.2, -0.15) is 4.31 Å². The molecule has 2 atom stereocenters. The fourth-order valence-electron chi connectivity index (χ4n) is 2.55. The molecule has 1 fully saturated rings. The molecule has 22 heavy (non-hydrogen) atoms. The fraction of sp³-hybridized carbons (Fsp3) is 0.500. The molecule has 2 unspecified atom stereocenters. The number of aliphatic hydroxyl groups excluding tert-OH is 1. The third-order valence-corrected chi connectivity index (χ3v) is 5.72. The zero-order valence-electron chi connectivity index (χ0n) is 12.3. The molecule has 1 aromatic carbocycles. The number of benzene rings is 1. The predicted octanol–water partition coefficient (Wildman–Crippen LogP) is -0.0579. The minimum absolute atomic E-state index is 0.123. The van der Waals surface area contributed by atoms with E-state index in [1.165, 1.54) is 23.5 Å². The molecule has 1 aliphatic heterocycles. The number of rotatable bonds is 4. The van der Waals surface area contributed by atoms with E-state index in [1.807, 2.05) is 0 Å². The molecular weight excluding hydrogens is 308 g/mol. The van der Waals surface area contributed by atoms with E-state index in [9.17, 15) is 18.3 Å². The van der Waals surface area contributed by atoms with Gasteiger partial charge in [0.2, 0.25) is 15.9 Å². The predicted molar refractivity (Wildman–Crippen MR) is 79.7 cm³/mol. The summed E-state index contributed by atoms with van der Waals surface area (Å²) in [7, 11) is -2.23. The van der Waals surface area contributed by atoms with Crippen LogP contribution in [0.2, 0.25) is 0 Å². The molecule has 3 N–H and O–H groups in total. The van der Waals surface area contributed by atoms with Crippen LogP contribution in [0.1, 0.15) is 12.8 Å². The lowest BCUT2D eigenvalue weighted by Gasteiger charge is -2.23. The van der Waals surface area contributed by atoms with Crippen LogP contribution in [0.4, 0.5) is 0 Å². The van der Waals surface area contributed by atoms with Crippen molar-refractivity contribution in [3.8, 4) is 5.75 Å². The first kappa shape index (κ1) is 16.7. The number of carbonyl (C=O) groups excluding carboxylic acids is 1. The van der Waals surface area contributed by atoms with Crippen molar-refractivity contribution in [2.24, 2.45) is 11.7 Å². The van der Waals surface area contributed by atoms with Crippen molar-refractivity contribution in [1.29, 1.82) is 0 Å². The second-order valence-corrected chi connectivity index (χ2v) is 7.19. The summed E-state index contributed by atoms with van der Waals surface area (Å²) in [5.41, 5.74) is 5.24. The molecule has 8 heteroatoms. The molecule has 1 saturated heterocycles. The molecule has 1 amide bonds. The Bertz CT molecular complexity index is 629. The molecule has 1 aliphatic rings. The fourth-order valence-corrected chi connectivity index (χ4v) is 4.05. The maximum atomic E-state index is 12.6. The average molecular weight is 328 g/mol. The average Bonchev–Trinajstić information content (AvgIpc) is 2.69. The molecule has 1 aromatic rings. The van der Waals surface area contributed by atoms with Crippen LogP contribution >= 0.6 is 0 Å². The number of sulfonamides is 1. The second kappa shape index (κ2) is 6.64. The number of hydrogen-bond donors (Lipinski definition) is 2. The standard InChI is InChI=1S/C14H20N2O5S/c1-21-10-4-6-11(7-5-10)22(19,20)16-8-2-3-12(14(15)18)13(17)9-16/h4-7,12-13,17H,2-3,8-9H2,1H3,(H2,15,18). The van der Waals surface area contributed by atoms with Crippen LogP contribution in [0.15, 0.2) is 29.2 Å². The number of aliphatic hydroxyl groups is 1. The van der Waals surface area contributed by atoms with Gasteiger partial charge >= 0.3 is 0 Å². The van der Waals surface area contributed by atoms with Crippen LogP contribution in [0, 0.1) is 5.92 Å². The van der Waals surface area contributed by atoms with Gasteiger partial charge in [0.15, 0.2) is 0 Å². The lowest BCUT2D eigenvalue weighted by atomic mass is 9.98. The molecule has 0 bridgehead atoms. The molecule has 0 saturated carbocycles. The lowest BCUT2D eigenvalue weighted by Crippen LogP contribution is -2.41. The summed E-state index contributed by atoms with van der Waals surface area (Å²) in [5, 5.41) is 10.1. The van der Waals surface area contributed by atoms with E-state index in [1.54, 1.807) is 12.1 Å². The number of methoxy groups -OCH3 is 1. The first-order chi connectivity index (χ1) is 10.4. The Balaban J connectivity index is 2.23. The quantitative estimate of drug-likeness (QED) is 0.805. The number of ether oxygens (including phenoxy) is 1. The van der Waals surface area contributed by atoms with Gasteiger partial charge in [-0.3, -0.25) is 4.79 Å². The largest absolute Gasteiger partial charge is 0.497 e. The van der Waals surface area contributed by atoms with E-state index in [-0.39, 0.29) is 18.0 Å². The highest BCUT2D eigenvalue weighted by Crippen LogP contribution is 2.24. The van der Waals surface area contributed by atoms with Gasteiger partial charge in [0.1, 0.15) is 5.75 Å². The van der Waals surface area contributed by atoms with Gasteiger partial charge in [0.25, 0.3) is 0 Å². The van der Waals surface area contributed by atoms with Crippen LogP contribution < -0.4 is 10.5 Å². The van der Waals surface area contributed by atoms with Gasteiger partial charge in [-0.15, -0.1) is 0 Å². The number of carbonyl (C=O) groups is 1. The molecule has 122 valence electrons. The van der Waals surface area contributed by atoms with Gasteiger partial charge in [0, 0.05) is 13.1 Å². The summed E-state index contributed by atoms with van der Waals surface area (Å²) < 4.78 is 31.4. The normalized spacial score (nSPS) is 23.7. The topological polar surface area (TPSA) is 110 Å². The number of nitrogens with two attached hydrogens (primary N) is 1. The molecular formula is C14H20N2O5S. The molecule has 1 heterocycles. The van der Waals surface area contributed by atoms with E-state index in [4.69, 9.17) is 10.5 Å². The van der Waals surface area contributed by atoms with E-state index in [0.29, 0.717) is 18.6 Å². The van der Waals surface area contributed by atoms with Crippen molar-refractivity contribution < 1.29 is 23.1 Å². The molecule has 0 aromatic heterocycles. The zero-order valence-corrected chi connectivity index (χ0v) is 13.1. The van der Waals surface area contributed by atoms with Gasteiger partial charge in [0.05, 0.1) is 24.0 Å². The number of β-amino-alcohol motifs (C(OH)–C–C–N with tert-alkyl or cyclic N) is 1. The maximum Gasteiger partial charge on any atom is 0.243 e. The van der Waals surface area contributed by atoms with E-state index in [2.05, 4.69) is 0 Å². The Morgan fingerprint density at radius 2 is 2.00 bits per heavy atom. The van der Waals surface area contributed by atoms with Crippen LogP contribution in [-0.4, -0.2) is 50.0 Å². The maximum absolute atomic E-state index is 12.6. The van der Waals surface area contributed by atoms with Crippen molar-refractivity contribution in [2.75, 3.05) is 20.2 Å². The van der Waals surface area contributed by atoms with E-state index in [0.717, 1.165) is 0 Å². The third-order valence-electron chi connectivity index (χ3n) is 3.84. The van der Waals surface area contributed by atoms with Gasteiger partial charge in [-0.1, -0.05) is 0 Å². The number of primary amides is 1. The minimum Gasteiger partial charge on any atom is -0.497 e. The molecule has 0 aliphatic carbocycles. The highest BCUT2D eigenvalue weighted by Gasteiger charge is 2.34. The summed E-state index contributed by atoms with van der Waals surface area (Å²) in [5.74, 6) is -0.754. The zero-order chi connectivity index (χ0) is 16.3. The molecule has 0 radical (unpaired) electrons. The van der Waals surface area contributed by atoms with Crippen molar-refractivity contribution >= 4 is 15.9 Å². The number of amides is 1. The van der Waals surface area contributed by atoms with E-state index < -0.39 is 28.0 Å². The first-order valence-electron chi connectivity index (χ1n) is 6.98. The number of nitrogens with zero attached hydrogens (tertiary/aromatic N) is 1. The van der Waals surface area contributed by atoms with Crippen molar-refractivity contribution in [3.63, 3.8) is 0 Å². The van der Waals surface area contributed by atoms with Gasteiger partial charge in [-0.05, 0) is 37.1 Å². The summed E-state index contributed by atoms with van der Waals surface area (Å²) >= 11 is 0. The minimum atomic E-state index is -3.73. The van der Waals surface area contributed by atoms with Crippen LogP contribution in [0.25, 0.3) is 0 Å². The summed E-state index contributed by atoms with van der Waals surface area (Å²) in [6.07, 6.45) is -0.237. The van der Waals surface area contributed by atoms with Crippen molar-refractivity contribution in [3.05, 3.63) is 24.3 Å². The summed E-state index contributed by atoms with van der Waals surface area (Å²) in [6.45, 7) is 0.108. The number of hydrogen-bond acceptors (Lipinski definition) is 5. The summed E-state index contributed by atoms with van der Waals surface area (Å²) in [4.78, 5) is 11.4. The highest BCUT2D eigenvalue weighted by molar-refractivity contribution is 7.89. The highest BCUT2D eigenvalue weighted by atomic mass is 32.2. The molecule has 2 rings (SSSR count). The Morgan fingerprint density at radius 3 is 2.55 bits per heavy atom. The SMILES string of the molecule is COc1ccc(S(=O)(=O)N2CCCC(C(N)=O)C(O)C2)cc1. The van der Waals surface area contributed by atoms with Crippen LogP contribution in [-0.2, 0) is 14.8 Å². The Labute approximate surface area is 129 Å². The van der Waals surface area contributed by atoms with Crippen LogP contribution in [0.5, 0.6) is 5.75 Å². The molecule has 7 nitrogen and oxygen atoms in total. The monoisotopic (exact) mass is 328 g/mol. The Kier molecular flexibility index (Phi) is 5.05. The van der Waals surface area contributed by atoms with Crippen LogP contribution in [0.3, 0.4) is 0 Å². The lowest BCUT2D eigenvalue weighted by molar-refractivity contribution is -0.125. The van der Waals surface area contributed by atoms with Crippen molar-refractivity contribution in [2.45, 2.75) is 23.8 Å². The van der Waals surface area contributed by atoms with Gasteiger partial charge in [-0.25, -0.2) is 8.42 Å². The molecule has 0 spiro atoms. The van der Waals surface area contributed by atoms with Gasteiger partial charge < -0.3 is 15.6 Å². The van der Waals surface area contributed by atoms with E-state index >= 15 is 0 Å². The first-order valence-corrected chi connectivity index (χ1v) is 8.42.